The average molecular weight is 195 g/mol. The van der Waals surface area contributed by atoms with Crippen LogP contribution in [-0.4, -0.2) is 24.5 Å². The Morgan fingerprint density at radius 3 is 2.86 bits per heavy atom. The van der Waals surface area contributed by atoms with Crippen LogP contribution < -0.4 is 0 Å². The molecule has 5 heteroatoms. The summed E-state index contributed by atoms with van der Waals surface area (Å²) in [6, 6.07) is 1.76. The maximum Gasteiger partial charge on any atom is 0.313 e. The van der Waals surface area contributed by atoms with Gasteiger partial charge in [-0.1, -0.05) is 0 Å². The van der Waals surface area contributed by atoms with Gasteiger partial charge in [0.1, 0.15) is 12.5 Å². The summed E-state index contributed by atoms with van der Waals surface area (Å²) in [5.41, 5.74) is -1.52. The zero-order valence-corrected chi connectivity index (χ0v) is 7.65. The summed E-state index contributed by atoms with van der Waals surface area (Å²) in [4.78, 5) is 22.3. The molecule has 14 heavy (non-hydrogen) atoms. The molecule has 0 radical (unpaired) electrons. The number of rotatable bonds is 3. The van der Waals surface area contributed by atoms with Gasteiger partial charge >= 0.3 is 5.97 Å². The Morgan fingerprint density at radius 1 is 1.71 bits per heavy atom. The van der Waals surface area contributed by atoms with Crippen molar-refractivity contribution < 1.29 is 19.1 Å². The molecule has 5 nitrogen and oxygen atoms in total. The molecule has 0 fully saturated rings. The molecule has 1 aliphatic heterocycles. The Kier molecular flexibility index (Phi) is 2.87. The molecule has 0 aromatic carbocycles. The molecule has 0 aliphatic carbocycles. The summed E-state index contributed by atoms with van der Waals surface area (Å²) < 4.78 is 9.22. The van der Waals surface area contributed by atoms with Gasteiger partial charge in [-0.15, -0.1) is 0 Å². The van der Waals surface area contributed by atoms with Gasteiger partial charge in [0.25, 0.3) is 5.60 Å². The Hall–Kier alpha value is -1.83. The summed E-state index contributed by atoms with van der Waals surface area (Å²) in [5.74, 6) is -1.24. The van der Waals surface area contributed by atoms with Crippen LogP contribution in [-0.2, 0) is 19.1 Å². The van der Waals surface area contributed by atoms with E-state index in [4.69, 9.17) is 10.00 Å². The first kappa shape index (κ1) is 10.3. The molecule has 1 unspecified atom stereocenters. The number of methoxy groups -OCH3 is 1. The van der Waals surface area contributed by atoms with Crippen molar-refractivity contribution in [1.29, 1.82) is 5.26 Å². The van der Waals surface area contributed by atoms with Crippen LogP contribution in [0.2, 0.25) is 0 Å². The number of esters is 1. The number of hydrogen-bond donors (Lipinski definition) is 0. The van der Waals surface area contributed by atoms with Gasteiger partial charge in [0.2, 0.25) is 5.78 Å². The summed E-state index contributed by atoms with van der Waals surface area (Å²) in [5, 5.41) is 8.78. The van der Waals surface area contributed by atoms with Gasteiger partial charge < -0.3 is 9.47 Å². The second kappa shape index (κ2) is 3.92. The molecule has 0 saturated heterocycles. The molecule has 1 atom stereocenters. The van der Waals surface area contributed by atoms with Gasteiger partial charge in [-0.3, -0.25) is 9.59 Å². The first-order valence-electron chi connectivity index (χ1n) is 3.99. The highest BCUT2D eigenvalue weighted by atomic mass is 16.5. The third kappa shape index (κ3) is 1.74. The number of ketones is 1. The van der Waals surface area contributed by atoms with Crippen molar-refractivity contribution in [3.8, 4) is 6.07 Å². The lowest BCUT2D eigenvalue weighted by atomic mass is 9.95. The van der Waals surface area contributed by atoms with Crippen LogP contribution in [0, 0.1) is 11.3 Å². The standard InChI is InChI=1S/C9H9NO4/c1-13-8(12)5-7(11)9(6-10)3-2-4-14-9/h2,4H,3,5H2,1H3. The van der Waals surface area contributed by atoms with E-state index in [1.165, 1.54) is 13.4 Å². The van der Waals surface area contributed by atoms with Crippen LogP contribution >= 0.6 is 0 Å². The average Bonchev–Trinajstić information content (AvgIpc) is 2.67. The zero-order chi connectivity index (χ0) is 10.6. The summed E-state index contributed by atoms with van der Waals surface area (Å²) in [6.45, 7) is 0. The number of Topliss-reactive ketones (excluding diaryl/α,β-unsaturated/α-hetero) is 1. The van der Waals surface area contributed by atoms with Crippen molar-refractivity contribution in [3.63, 3.8) is 0 Å². The lowest BCUT2D eigenvalue weighted by Crippen LogP contribution is -2.37. The van der Waals surface area contributed by atoms with Crippen LogP contribution in [0.1, 0.15) is 12.8 Å². The van der Waals surface area contributed by atoms with Crippen LogP contribution in [0.4, 0.5) is 0 Å². The lowest BCUT2D eigenvalue weighted by Gasteiger charge is -2.17. The minimum atomic E-state index is -1.52. The molecule has 0 aromatic rings. The van der Waals surface area contributed by atoms with Gasteiger partial charge in [0, 0.05) is 6.42 Å². The van der Waals surface area contributed by atoms with Gasteiger partial charge in [-0.2, -0.15) is 5.26 Å². The van der Waals surface area contributed by atoms with Crippen LogP contribution in [0.5, 0.6) is 0 Å². The third-order valence-corrected chi connectivity index (χ3v) is 1.93. The molecule has 0 amide bonds. The Morgan fingerprint density at radius 2 is 2.43 bits per heavy atom. The van der Waals surface area contributed by atoms with E-state index in [1.807, 2.05) is 0 Å². The van der Waals surface area contributed by atoms with Crippen LogP contribution in [0.3, 0.4) is 0 Å². The number of hydrogen-bond acceptors (Lipinski definition) is 5. The zero-order valence-electron chi connectivity index (χ0n) is 7.65. The van der Waals surface area contributed by atoms with Crippen molar-refractivity contribution in [2.75, 3.05) is 7.11 Å². The maximum absolute atomic E-state index is 11.5. The fourth-order valence-electron chi connectivity index (χ4n) is 1.09. The summed E-state index contributed by atoms with van der Waals surface area (Å²) in [6.07, 6.45) is 2.60. The van der Waals surface area contributed by atoms with Crippen LogP contribution in [0.25, 0.3) is 0 Å². The lowest BCUT2D eigenvalue weighted by molar-refractivity contribution is -0.146. The van der Waals surface area contributed by atoms with Crippen LogP contribution in [0.15, 0.2) is 12.3 Å². The van der Waals surface area contributed by atoms with E-state index in [-0.39, 0.29) is 6.42 Å². The van der Waals surface area contributed by atoms with Gasteiger partial charge in [-0.05, 0) is 6.08 Å². The largest absolute Gasteiger partial charge is 0.473 e. The van der Waals surface area contributed by atoms with Gasteiger partial charge in [0.05, 0.1) is 13.4 Å². The first-order chi connectivity index (χ1) is 6.64. The molecular formula is C9H9NO4. The van der Waals surface area contributed by atoms with Crippen molar-refractivity contribution in [1.82, 2.24) is 0 Å². The van der Waals surface area contributed by atoms with Gasteiger partial charge in [-0.25, -0.2) is 0 Å². The number of carbonyl (C=O) groups excluding carboxylic acids is 2. The van der Waals surface area contributed by atoms with E-state index in [0.717, 1.165) is 0 Å². The van der Waals surface area contributed by atoms with Crippen molar-refractivity contribution >= 4 is 11.8 Å². The fraction of sp³-hybridized carbons (Fsp3) is 0.444. The van der Waals surface area contributed by atoms with Gasteiger partial charge in [0.15, 0.2) is 0 Å². The second-order valence-electron chi connectivity index (χ2n) is 2.81. The van der Waals surface area contributed by atoms with Crippen molar-refractivity contribution in [2.24, 2.45) is 0 Å². The smallest absolute Gasteiger partial charge is 0.313 e. The Labute approximate surface area is 80.9 Å². The van der Waals surface area contributed by atoms with Crippen molar-refractivity contribution in [3.05, 3.63) is 12.3 Å². The molecule has 0 bridgehead atoms. The van der Waals surface area contributed by atoms with E-state index in [0.29, 0.717) is 0 Å². The number of nitriles is 1. The quantitative estimate of drug-likeness (QED) is 0.478. The molecule has 1 rings (SSSR count). The monoisotopic (exact) mass is 195 g/mol. The molecule has 0 N–H and O–H groups in total. The Bertz CT molecular complexity index is 318. The molecule has 1 heterocycles. The fourth-order valence-corrected chi connectivity index (χ4v) is 1.09. The molecular weight excluding hydrogens is 186 g/mol. The molecule has 1 aliphatic rings. The van der Waals surface area contributed by atoms with E-state index in [2.05, 4.69) is 4.74 Å². The third-order valence-electron chi connectivity index (χ3n) is 1.93. The van der Waals surface area contributed by atoms with E-state index in [1.54, 1.807) is 12.1 Å². The Balaban J connectivity index is 2.68. The van der Waals surface area contributed by atoms with Crippen molar-refractivity contribution in [2.45, 2.75) is 18.4 Å². The predicted molar refractivity (Wildman–Crippen MR) is 44.8 cm³/mol. The molecule has 0 saturated carbocycles. The van der Waals surface area contributed by atoms with E-state index < -0.39 is 23.8 Å². The first-order valence-corrected chi connectivity index (χ1v) is 3.99. The summed E-state index contributed by atoms with van der Waals surface area (Å²) in [7, 11) is 1.18. The normalized spacial score (nSPS) is 23.7. The van der Waals surface area contributed by atoms with E-state index >= 15 is 0 Å². The highest BCUT2D eigenvalue weighted by Gasteiger charge is 2.42. The summed E-state index contributed by atoms with van der Waals surface area (Å²) >= 11 is 0. The molecule has 0 spiro atoms. The highest BCUT2D eigenvalue weighted by Crippen LogP contribution is 2.25. The maximum atomic E-state index is 11.5. The number of nitrogens with zero attached hydrogens (tertiary/aromatic N) is 1. The molecule has 74 valence electrons. The topological polar surface area (TPSA) is 76.4 Å². The SMILES string of the molecule is COC(=O)CC(=O)C1(C#N)CC=CO1. The predicted octanol–water partition coefficient (Wildman–Crippen LogP) is 0.315. The second-order valence-corrected chi connectivity index (χ2v) is 2.81. The minimum Gasteiger partial charge on any atom is -0.473 e. The minimum absolute atomic E-state index is 0.180. The number of ether oxygens (including phenoxy) is 2. The van der Waals surface area contributed by atoms with E-state index in [9.17, 15) is 9.59 Å². The highest BCUT2D eigenvalue weighted by molar-refractivity contribution is 6.02. The number of carbonyl (C=O) groups is 2. The molecule has 0 aromatic heterocycles.